The average molecular weight is 371 g/mol. The number of amides is 1. The van der Waals surface area contributed by atoms with E-state index in [1.807, 2.05) is 0 Å². The molecule has 0 aliphatic rings. The number of hydrazone groups is 1. The monoisotopic (exact) mass is 370 g/mol. The van der Waals surface area contributed by atoms with Crippen LogP contribution in [0.5, 0.6) is 11.6 Å². The molecular weight excluding hydrogens is 360 g/mol. The molecule has 0 saturated heterocycles. The molecule has 0 fully saturated rings. The number of hydrogen-bond acceptors (Lipinski definition) is 8. The van der Waals surface area contributed by atoms with E-state index in [0.717, 1.165) is 6.20 Å². The van der Waals surface area contributed by atoms with Crippen molar-refractivity contribution in [1.82, 2.24) is 25.6 Å². The maximum absolute atomic E-state index is 12.1. The van der Waals surface area contributed by atoms with Crippen molar-refractivity contribution in [2.45, 2.75) is 0 Å². The van der Waals surface area contributed by atoms with Crippen LogP contribution >= 0.6 is 11.6 Å². The fourth-order valence-corrected chi connectivity index (χ4v) is 2.11. The molecule has 2 heterocycles. The maximum Gasteiger partial charge on any atom is 0.278 e. The van der Waals surface area contributed by atoms with E-state index < -0.39 is 11.8 Å². The van der Waals surface area contributed by atoms with Crippen molar-refractivity contribution >= 4 is 23.7 Å². The predicted octanol–water partition coefficient (Wildman–Crippen LogP) is 1.76. The molecule has 0 spiro atoms. The fraction of sp³-hybridized carbons (Fsp3) is 0. The average Bonchev–Trinajstić information content (AvgIpc) is 2.65. The van der Waals surface area contributed by atoms with Crippen LogP contribution in [0.15, 0.2) is 47.8 Å². The topological polar surface area (TPSA) is 133 Å². The SMILES string of the molecule is O=C(NN=Cc1cccc(O)c1Cl)c1cnc(-c2cccnn2)nc1O. The van der Waals surface area contributed by atoms with Crippen LogP contribution in [0.1, 0.15) is 15.9 Å². The molecule has 0 radical (unpaired) electrons. The molecule has 0 atom stereocenters. The third kappa shape index (κ3) is 3.73. The first kappa shape index (κ1) is 17.2. The summed E-state index contributed by atoms with van der Waals surface area (Å²) in [7, 11) is 0. The zero-order valence-electron chi connectivity index (χ0n) is 13.0. The number of aromatic hydroxyl groups is 2. The van der Waals surface area contributed by atoms with Gasteiger partial charge in [0.05, 0.1) is 11.2 Å². The number of carbonyl (C=O) groups is 1. The van der Waals surface area contributed by atoms with Crippen LogP contribution in [0.25, 0.3) is 11.5 Å². The van der Waals surface area contributed by atoms with E-state index in [4.69, 9.17) is 11.6 Å². The summed E-state index contributed by atoms with van der Waals surface area (Å²) in [5.74, 6) is -1.22. The molecule has 130 valence electrons. The van der Waals surface area contributed by atoms with Crippen LogP contribution < -0.4 is 5.43 Å². The van der Waals surface area contributed by atoms with Gasteiger partial charge in [0, 0.05) is 18.0 Å². The van der Waals surface area contributed by atoms with Crippen LogP contribution in [0, 0.1) is 0 Å². The van der Waals surface area contributed by atoms with Crippen molar-refractivity contribution in [1.29, 1.82) is 0 Å². The highest BCUT2D eigenvalue weighted by atomic mass is 35.5. The first-order valence-electron chi connectivity index (χ1n) is 7.21. The number of aromatic nitrogens is 4. The normalized spacial score (nSPS) is 10.8. The molecule has 3 rings (SSSR count). The van der Waals surface area contributed by atoms with Gasteiger partial charge in [-0.05, 0) is 18.2 Å². The lowest BCUT2D eigenvalue weighted by Gasteiger charge is -2.04. The Morgan fingerprint density at radius 1 is 1.23 bits per heavy atom. The number of nitrogens with one attached hydrogen (secondary N) is 1. The molecule has 0 bridgehead atoms. The van der Waals surface area contributed by atoms with Crippen molar-refractivity contribution in [2.24, 2.45) is 5.10 Å². The number of phenols is 1. The zero-order valence-corrected chi connectivity index (χ0v) is 13.8. The molecule has 0 aliphatic carbocycles. The Morgan fingerprint density at radius 2 is 2.08 bits per heavy atom. The number of phenolic OH excluding ortho intramolecular Hbond substituents is 1. The highest BCUT2D eigenvalue weighted by molar-refractivity contribution is 6.34. The standard InChI is InChI=1S/C16H11ClN6O3/c17-13-9(3-1-5-12(13)24)7-20-23-16(26)10-8-18-14(21-15(10)25)11-4-2-6-19-22-11/h1-8,24H,(H,23,26)(H,18,21,25). The van der Waals surface area contributed by atoms with E-state index in [9.17, 15) is 15.0 Å². The van der Waals surface area contributed by atoms with Gasteiger partial charge in [0.2, 0.25) is 5.88 Å². The van der Waals surface area contributed by atoms with E-state index in [1.165, 1.54) is 18.5 Å². The van der Waals surface area contributed by atoms with Gasteiger partial charge in [0.15, 0.2) is 5.82 Å². The second-order valence-electron chi connectivity index (χ2n) is 4.92. The lowest BCUT2D eigenvalue weighted by atomic mass is 10.2. The van der Waals surface area contributed by atoms with Gasteiger partial charge in [0.25, 0.3) is 5.91 Å². The van der Waals surface area contributed by atoms with Crippen molar-refractivity contribution in [3.63, 3.8) is 0 Å². The number of carbonyl (C=O) groups excluding carboxylic acids is 1. The van der Waals surface area contributed by atoms with Gasteiger partial charge < -0.3 is 10.2 Å². The van der Waals surface area contributed by atoms with Crippen molar-refractivity contribution in [3.05, 3.63) is 58.9 Å². The quantitative estimate of drug-likeness (QED) is 0.470. The van der Waals surface area contributed by atoms with Gasteiger partial charge in [0.1, 0.15) is 17.0 Å². The minimum Gasteiger partial charge on any atom is -0.506 e. The van der Waals surface area contributed by atoms with E-state index in [1.54, 1.807) is 24.3 Å². The molecule has 9 nitrogen and oxygen atoms in total. The summed E-state index contributed by atoms with van der Waals surface area (Å²) in [6.07, 6.45) is 3.90. The van der Waals surface area contributed by atoms with Crippen LogP contribution in [0.3, 0.4) is 0 Å². The van der Waals surface area contributed by atoms with E-state index >= 15 is 0 Å². The minimum atomic E-state index is -0.722. The summed E-state index contributed by atoms with van der Waals surface area (Å²) in [5, 5.41) is 30.8. The first-order chi connectivity index (χ1) is 12.6. The first-order valence-corrected chi connectivity index (χ1v) is 7.59. The lowest BCUT2D eigenvalue weighted by Crippen LogP contribution is -2.18. The largest absolute Gasteiger partial charge is 0.506 e. The minimum absolute atomic E-state index is 0.102. The second kappa shape index (κ2) is 7.53. The summed E-state index contributed by atoms with van der Waals surface area (Å²) in [6, 6.07) is 7.87. The smallest absolute Gasteiger partial charge is 0.278 e. The molecule has 3 N–H and O–H groups in total. The molecule has 26 heavy (non-hydrogen) atoms. The van der Waals surface area contributed by atoms with Gasteiger partial charge in [-0.15, -0.1) is 5.10 Å². The van der Waals surface area contributed by atoms with Gasteiger partial charge in [-0.2, -0.15) is 15.2 Å². The summed E-state index contributed by atoms with van der Waals surface area (Å²) in [6.45, 7) is 0. The molecule has 1 aromatic carbocycles. The predicted molar refractivity (Wildman–Crippen MR) is 92.9 cm³/mol. The number of nitrogens with zero attached hydrogens (tertiary/aromatic N) is 5. The summed E-state index contributed by atoms with van der Waals surface area (Å²) >= 11 is 5.90. The molecular formula is C16H11ClN6O3. The third-order valence-electron chi connectivity index (χ3n) is 3.19. The van der Waals surface area contributed by atoms with E-state index in [-0.39, 0.29) is 22.2 Å². The van der Waals surface area contributed by atoms with E-state index in [0.29, 0.717) is 11.3 Å². The highest BCUT2D eigenvalue weighted by Gasteiger charge is 2.15. The van der Waals surface area contributed by atoms with E-state index in [2.05, 4.69) is 30.7 Å². The number of halogens is 1. The van der Waals surface area contributed by atoms with Crippen molar-refractivity contribution < 1.29 is 15.0 Å². The molecule has 3 aromatic rings. The summed E-state index contributed by atoms with van der Waals surface area (Å²) < 4.78 is 0. The molecule has 10 heteroatoms. The Morgan fingerprint density at radius 3 is 2.81 bits per heavy atom. The van der Waals surface area contributed by atoms with Crippen LogP contribution in [-0.4, -0.2) is 42.5 Å². The van der Waals surface area contributed by atoms with Crippen LogP contribution in [-0.2, 0) is 0 Å². The Kier molecular flexibility index (Phi) is 4.99. The summed E-state index contributed by atoms with van der Waals surface area (Å²) in [4.78, 5) is 19.9. The molecule has 0 saturated carbocycles. The highest BCUT2D eigenvalue weighted by Crippen LogP contribution is 2.25. The van der Waals surface area contributed by atoms with Crippen molar-refractivity contribution in [2.75, 3.05) is 0 Å². The molecule has 0 unspecified atom stereocenters. The van der Waals surface area contributed by atoms with Gasteiger partial charge in [-0.3, -0.25) is 4.79 Å². The lowest BCUT2D eigenvalue weighted by molar-refractivity contribution is 0.0951. The van der Waals surface area contributed by atoms with Gasteiger partial charge in [-0.1, -0.05) is 23.7 Å². The summed E-state index contributed by atoms with van der Waals surface area (Å²) in [5.41, 5.74) is 2.81. The Bertz CT molecular complexity index is 981. The Hall–Kier alpha value is -3.59. The van der Waals surface area contributed by atoms with Gasteiger partial charge in [-0.25, -0.2) is 10.4 Å². The molecule has 1 amide bonds. The second-order valence-corrected chi connectivity index (χ2v) is 5.30. The number of rotatable bonds is 4. The van der Waals surface area contributed by atoms with Crippen LogP contribution in [0.2, 0.25) is 5.02 Å². The number of benzene rings is 1. The maximum atomic E-state index is 12.1. The third-order valence-corrected chi connectivity index (χ3v) is 3.60. The van der Waals surface area contributed by atoms with Crippen LogP contribution in [0.4, 0.5) is 0 Å². The van der Waals surface area contributed by atoms with Gasteiger partial charge >= 0.3 is 0 Å². The molecule has 0 aliphatic heterocycles. The fourth-order valence-electron chi connectivity index (χ4n) is 1.93. The molecule has 2 aromatic heterocycles. The Labute approximate surface area is 152 Å². The number of hydrogen-bond donors (Lipinski definition) is 3. The Balaban J connectivity index is 1.74. The zero-order chi connectivity index (χ0) is 18.5. The van der Waals surface area contributed by atoms with Crippen molar-refractivity contribution in [3.8, 4) is 23.1 Å².